The molecule has 7 heteroatoms. The summed E-state index contributed by atoms with van der Waals surface area (Å²) in [7, 11) is 0. The average Bonchev–Trinajstić information content (AvgIpc) is 3.29. The summed E-state index contributed by atoms with van der Waals surface area (Å²) in [5, 5.41) is 2.86. The van der Waals surface area contributed by atoms with Crippen molar-refractivity contribution in [1.82, 2.24) is 5.32 Å². The van der Waals surface area contributed by atoms with Crippen LogP contribution in [-0.2, 0) is 4.79 Å². The maximum atomic E-state index is 13.0. The van der Waals surface area contributed by atoms with Crippen LogP contribution in [0.4, 0.5) is 14.5 Å². The molecule has 160 valence electrons. The number of benzene rings is 2. The second-order valence-electron chi connectivity index (χ2n) is 8.11. The van der Waals surface area contributed by atoms with Crippen LogP contribution in [-0.4, -0.2) is 37.6 Å². The van der Waals surface area contributed by atoms with Gasteiger partial charge in [0.05, 0.1) is 31.7 Å². The number of carbonyl (C=O) groups excluding carboxylic acids is 1. The van der Waals surface area contributed by atoms with E-state index in [-0.39, 0.29) is 31.1 Å². The van der Waals surface area contributed by atoms with Crippen LogP contribution < -0.4 is 19.7 Å². The highest BCUT2D eigenvalue weighted by molar-refractivity contribution is 5.73. The van der Waals surface area contributed by atoms with Crippen LogP contribution in [0, 0.1) is 5.92 Å². The van der Waals surface area contributed by atoms with Gasteiger partial charge in [-0.15, -0.1) is 0 Å². The lowest BCUT2D eigenvalue weighted by molar-refractivity contribution is -0.119. The Hall–Kier alpha value is -2.83. The van der Waals surface area contributed by atoms with Gasteiger partial charge in [0.2, 0.25) is 5.91 Å². The molecular formula is C23H26F2N2O3. The molecule has 1 aliphatic heterocycles. The molecule has 0 spiro atoms. The second-order valence-corrected chi connectivity index (χ2v) is 8.11. The molecule has 1 heterocycles. The zero-order valence-corrected chi connectivity index (χ0v) is 17.1. The van der Waals surface area contributed by atoms with Crippen LogP contribution in [0.3, 0.4) is 0 Å². The third-order valence-electron chi connectivity index (χ3n) is 5.54. The number of amides is 1. The summed E-state index contributed by atoms with van der Waals surface area (Å²) >= 11 is 0. The third-order valence-corrected chi connectivity index (χ3v) is 5.54. The van der Waals surface area contributed by atoms with Gasteiger partial charge in [-0.05, 0) is 36.8 Å². The molecule has 0 radical (unpaired) electrons. The Bertz CT molecular complexity index is 898. The van der Waals surface area contributed by atoms with Gasteiger partial charge in [0, 0.05) is 25.1 Å². The molecule has 1 N–H and O–H groups in total. The number of nitrogens with one attached hydrogen (secondary N) is 1. The van der Waals surface area contributed by atoms with Crippen LogP contribution in [0.15, 0.2) is 48.5 Å². The SMILES string of the molecule is CC(=O)NC(C)c1ccc(OC2CN(c3cccc(OCC4CC4(F)F)c3)C2)cc1. The largest absolute Gasteiger partial charge is 0.493 e. The van der Waals surface area contributed by atoms with Crippen molar-refractivity contribution in [3.8, 4) is 11.5 Å². The fourth-order valence-electron chi connectivity index (χ4n) is 3.56. The summed E-state index contributed by atoms with van der Waals surface area (Å²) in [6, 6.07) is 15.2. The van der Waals surface area contributed by atoms with Gasteiger partial charge < -0.3 is 19.7 Å². The molecular weight excluding hydrogens is 390 g/mol. The molecule has 5 nitrogen and oxygen atoms in total. The van der Waals surface area contributed by atoms with Crippen molar-refractivity contribution in [3.05, 3.63) is 54.1 Å². The van der Waals surface area contributed by atoms with Gasteiger partial charge >= 0.3 is 0 Å². The Balaban J connectivity index is 1.25. The summed E-state index contributed by atoms with van der Waals surface area (Å²) in [4.78, 5) is 13.3. The van der Waals surface area contributed by atoms with Crippen molar-refractivity contribution in [1.29, 1.82) is 0 Å². The van der Waals surface area contributed by atoms with E-state index in [1.807, 2.05) is 49.4 Å². The summed E-state index contributed by atoms with van der Waals surface area (Å²) in [5.41, 5.74) is 2.02. The minimum atomic E-state index is -2.56. The van der Waals surface area contributed by atoms with E-state index in [9.17, 15) is 13.6 Å². The molecule has 2 unspecified atom stereocenters. The van der Waals surface area contributed by atoms with E-state index in [2.05, 4.69) is 10.2 Å². The normalized spacial score (nSPS) is 20.8. The van der Waals surface area contributed by atoms with E-state index in [4.69, 9.17) is 9.47 Å². The third kappa shape index (κ3) is 4.83. The Morgan fingerprint density at radius 3 is 2.53 bits per heavy atom. The van der Waals surface area contributed by atoms with E-state index in [0.717, 1.165) is 30.1 Å². The van der Waals surface area contributed by atoms with E-state index in [0.29, 0.717) is 5.75 Å². The standard InChI is InChI=1S/C23H26F2N2O3/c1-15(26-16(2)28)17-6-8-20(9-7-17)30-22-12-27(13-22)19-4-3-5-21(10-19)29-14-18-11-23(18,24)25/h3-10,15,18,22H,11-14H2,1-2H3,(H,26,28). The van der Waals surface area contributed by atoms with Crippen molar-refractivity contribution in [3.63, 3.8) is 0 Å². The molecule has 1 saturated carbocycles. The number of alkyl halides is 2. The van der Waals surface area contributed by atoms with Crippen molar-refractivity contribution < 1.29 is 23.0 Å². The molecule has 0 aromatic heterocycles. The topological polar surface area (TPSA) is 50.8 Å². The van der Waals surface area contributed by atoms with Gasteiger partial charge in [0.15, 0.2) is 0 Å². The van der Waals surface area contributed by atoms with Crippen molar-refractivity contribution >= 4 is 11.6 Å². The summed E-state index contributed by atoms with van der Waals surface area (Å²) in [6.45, 7) is 4.99. The van der Waals surface area contributed by atoms with E-state index in [1.165, 1.54) is 6.92 Å². The first kappa shape index (κ1) is 20.4. The Morgan fingerprint density at radius 1 is 1.20 bits per heavy atom. The Kier molecular flexibility index (Phi) is 5.54. The van der Waals surface area contributed by atoms with E-state index >= 15 is 0 Å². The lowest BCUT2D eigenvalue weighted by atomic mass is 10.1. The molecule has 2 aliphatic rings. The number of nitrogens with zero attached hydrogens (tertiary/aromatic N) is 1. The number of hydrogen-bond acceptors (Lipinski definition) is 4. The zero-order valence-electron chi connectivity index (χ0n) is 17.1. The number of ether oxygens (including phenoxy) is 2. The van der Waals surface area contributed by atoms with Gasteiger partial charge in [0.1, 0.15) is 17.6 Å². The lowest BCUT2D eigenvalue weighted by Gasteiger charge is -2.40. The minimum absolute atomic E-state index is 0.0450. The number of hydrogen-bond donors (Lipinski definition) is 1. The molecule has 1 amide bonds. The van der Waals surface area contributed by atoms with Crippen LogP contribution in [0.5, 0.6) is 11.5 Å². The van der Waals surface area contributed by atoms with Gasteiger partial charge in [-0.3, -0.25) is 4.79 Å². The highest BCUT2D eigenvalue weighted by atomic mass is 19.3. The zero-order chi connectivity index (χ0) is 21.3. The predicted octanol–water partition coefficient (Wildman–Crippen LogP) is 4.19. The number of rotatable bonds is 8. The molecule has 30 heavy (non-hydrogen) atoms. The highest BCUT2D eigenvalue weighted by Gasteiger charge is 2.57. The van der Waals surface area contributed by atoms with Crippen LogP contribution >= 0.6 is 0 Å². The summed E-state index contributed by atoms with van der Waals surface area (Å²) in [6.07, 6.45) is 0.00340. The molecule has 4 rings (SSSR count). The van der Waals surface area contributed by atoms with Gasteiger partial charge in [-0.25, -0.2) is 8.78 Å². The maximum Gasteiger partial charge on any atom is 0.255 e. The molecule has 2 aromatic rings. The first-order chi connectivity index (χ1) is 14.3. The van der Waals surface area contributed by atoms with Crippen molar-refractivity contribution in [2.75, 3.05) is 24.6 Å². The summed E-state index contributed by atoms with van der Waals surface area (Å²) in [5.74, 6) is -1.86. The smallest absolute Gasteiger partial charge is 0.255 e. The van der Waals surface area contributed by atoms with Crippen LogP contribution in [0.1, 0.15) is 31.9 Å². The Morgan fingerprint density at radius 2 is 1.90 bits per heavy atom. The highest BCUT2D eigenvalue weighted by Crippen LogP contribution is 2.48. The van der Waals surface area contributed by atoms with Crippen LogP contribution in [0.25, 0.3) is 0 Å². The number of carbonyl (C=O) groups is 1. The first-order valence-electron chi connectivity index (χ1n) is 10.2. The van der Waals surface area contributed by atoms with Crippen LogP contribution in [0.2, 0.25) is 0 Å². The second kappa shape index (κ2) is 8.13. The molecule has 2 atom stereocenters. The molecule has 0 bridgehead atoms. The van der Waals surface area contributed by atoms with E-state index in [1.54, 1.807) is 6.07 Å². The van der Waals surface area contributed by atoms with Crippen molar-refractivity contribution in [2.24, 2.45) is 5.92 Å². The van der Waals surface area contributed by atoms with Gasteiger partial charge in [-0.1, -0.05) is 18.2 Å². The quantitative estimate of drug-likeness (QED) is 0.701. The van der Waals surface area contributed by atoms with E-state index < -0.39 is 11.8 Å². The van der Waals surface area contributed by atoms with Gasteiger partial charge in [-0.2, -0.15) is 0 Å². The predicted molar refractivity (Wildman–Crippen MR) is 110 cm³/mol. The molecule has 2 aromatic carbocycles. The fraction of sp³-hybridized carbons (Fsp3) is 0.435. The maximum absolute atomic E-state index is 13.0. The minimum Gasteiger partial charge on any atom is -0.493 e. The number of anilines is 1. The molecule has 1 aliphatic carbocycles. The van der Waals surface area contributed by atoms with Gasteiger partial charge in [0.25, 0.3) is 5.92 Å². The first-order valence-corrected chi connectivity index (χ1v) is 10.2. The summed E-state index contributed by atoms with van der Waals surface area (Å²) < 4.78 is 37.5. The fourth-order valence-corrected chi connectivity index (χ4v) is 3.56. The Labute approximate surface area is 175 Å². The average molecular weight is 416 g/mol. The lowest BCUT2D eigenvalue weighted by Crippen LogP contribution is -2.54. The molecule has 1 saturated heterocycles. The van der Waals surface area contributed by atoms with Crippen molar-refractivity contribution in [2.45, 2.75) is 38.3 Å². The monoisotopic (exact) mass is 416 g/mol. The number of halogens is 2. The molecule has 2 fully saturated rings.